The summed E-state index contributed by atoms with van der Waals surface area (Å²) in [6.45, 7) is 6.94. The van der Waals surface area contributed by atoms with Gasteiger partial charge in [0.2, 0.25) is 5.91 Å². The van der Waals surface area contributed by atoms with E-state index in [0.29, 0.717) is 17.7 Å². The second-order valence-corrected chi connectivity index (χ2v) is 8.22. The Morgan fingerprint density at radius 1 is 1.08 bits per heavy atom. The zero-order chi connectivity index (χ0) is 16.5. The quantitative estimate of drug-likeness (QED) is 0.847. The van der Waals surface area contributed by atoms with Crippen LogP contribution in [-0.2, 0) is 11.3 Å². The lowest BCUT2D eigenvalue weighted by molar-refractivity contribution is -0.134. The van der Waals surface area contributed by atoms with Crippen LogP contribution >= 0.6 is 11.3 Å². The van der Waals surface area contributed by atoms with Gasteiger partial charge in [-0.25, -0.2) is 0 Å². The molecule has 1 saturated carbocycles. The monoisotopic (exact) mass is 340 g/mol. The average Bonchev–Trinajstić information content (AvgIpc) is 3.17. The van der Waals surface area contributed by atoms with Crippen molar-refractivity contribution in [2.75, 3.05) is 26.2 Å². The smallest absolute Gasteiger partial charge is 0.226 e. The van der Waals surface area contributed by atoms with Gasteiger partial charge in [0.05, 0.1) is 0 Å². The first-order chi connectivity index (χ1) is 11.7. The number of rotatable bonds is 4. The van der Waals surface area contributed by atoms with E-state index >= 15 is 0 Å². The maximum atomic E-state index is 12.3. The number of hydrogen-bond acceptors (Lipinski definition) is 3. The molecule has 2 atom stereocenters. The normalized spacial score (nSPS) is 24.1. The lowest BCUT2D eigenvalue weighted by Crippen LogP contribution is -2.48. The predicted octanol–water partition coefficient (Wildman–Crippen LogP) is 3.72. The highest BCUT2D eigenvalue weighted by Gasteiger charge is 2.41. The fourth-order valence-corrected chi connectivity index (χ4v) is 4.52. The molecule has 126 valence electrons. The molecule has 2 fully saturated rings. The maximum Gasteiger partial charge on any atom is 0.226 e. The van der Waals surface area contributed by atoms with Gasteiger partial charge in [-0.15, -0.1) is 11.3 Å². The van der Waals surface area contributed by atoms with Crippen molar-refractivity contribution in [3.8, 4) is 10.4 Å². The summed E-state index contributed by atoms with van der Waals surface area (Å²) in [6, 6.07) is 15.0. The molecule has 4 heteroatoms. The van der Waals surface area contributed by atoms with Crippen LogP contribution in [0.3, 0.4) is 0 Å². The third-order valence-electron chi connectivity index (χ3n) is 5.21. The molecule has 1 aliphatic carbocycles. The Labute approximate surface area is 147 Å². The summed E-state index contributed by atoms with van der Waals surface area (Å²) in [5, 5.41) is 0. The molecular weight excluding hydrogens is 316 g/mol. The standard InChI is InChI=1S/C20H24N2OS/c1-15-13-18(15)20(23)22-11-9-21(10-12-22)14-17-7-8-19(24-17)16-5-3-2-4-6-16/h2-8,15,18H,9-14H2,1H3. The molecule has 0 bridgehead atoms. The second kappa shape index (κ2) is 6.69. The Bertz CT molecular complexity index is 703. The third-order valence-corrected chi connectivity index (χ3v) is 6.33. The van der Waals surface area contributed by atoms with E-state index < -0.39 is 0 Å². The summed E-state index contributed by atoms with van der Waals surface area (Å²) in [5.74, 6) is 1.32. The van der Waals surface area contributed by atoms with Crippen LogP contribution in [0.5, 0.6) is 0 Å². The molecule has 0 spiro atoms. The van der Waals surface area contributed by atoms with Gasteiger partial charge in [-0.3, -0.25) is 9.69 Å². The van der Waals surface area contributed by atoms with Crippen LogP contribution in [-0.4, -0.2) is 41.9 Å². The van der Waals surface area contributed by atoms with Crippen molar-refractivity contribution in [1.29, 1.82) is 0 Å². The van der Waals surface area contributed by atoms with Crippen LogP contribution in [0.4, 0.5) is 0 Å². The van der Waals surface area contributed by atoms with Crippen molar-refractivity contribution in [3.63, 3.8) is 0 Å². The molecule has 0 radical (unpaired) electrons. The highest BCUT2D eigenvalue weighted by molar-refractivity contribution is 7.15. The van der Waals surface area contributed by atoms with E-state index in [0.717, 1.165) is 39.1 Å². The number of carbonyl (C=O) groups is 1. The largest absolute Gasteiger partial charge is 0.340 e. The lowest BCUT2D eigenvalue weighted by Gasteiger charge is -2.34. The van der Waals surface area contributed by atoms with Crippen molar-refractivity contribution >= 4 is 17.2 Å². The summed E-state index contributed by atoms with van der Waals surface area (Å²) in [6.07, 6.45) is 1.09. The average molecular weight is 340 g/mol. The highest BCUT2D eigenvalue weighted by Crippen LogP contribution is 2.39. The number of piperazine rings is 1. The summed E-state index contributed by atoms with van der Waals surface area (Å²) in [7, 11) is 0. The molecule has 4 rings (SSSR count). The van der Waals surface area contributed by atoms with Crippen molar-refractivity contribution in [1.82, 2.24) is 9.80 Å². The number of benzene rings is 1. The first-order valence-corrected chi connectivity index (χ1v) is 9.67. The molecule has 2 aromatic rings. The SMILES string of the molecule is CC1CC1C(=O)N1CCN(Cc2ccc(-c3ccccc3)s2)CC1. The van der Waals surface area contributed by atoms with Gasteiger partial charge in [-0.2, -0.15) is 0 Å². The number of nitrogens with zero attached hydrogens (tertiary/aromatic N) is 2. The van der Waals surface area contributed by atoms with E-state index in [2.05, 4.69) is 59.2 Å². The molecule has 2 unspecified atom stereocenters. The Kier molecular flexibility index (Phi) is 4.42. The predicted molar refractivity (Wildman–Crippen MR) is 98.9 cm³/mol. The van der Waals surface area contributed by atoms with Gasteiger partial charge in [0.25, 0.3) is 0 Å². The number of hydrogen-bond donors (Lipinski definition) is 0. The van der Waals surface area contributed by atoms with E-state index in [-0.39, 0.29) is 0 Å². The fourth-order valence-electron chi connectivity index (χ4n) is 3.47. The van der Waals surface area contributed by atoms with Crippen LogP contribution in [0.1, 0.15) is 18.2 Å². The Morgan fingerprint density at radius 3 is 2.46 bits per heavy atom. The minimum Gasteiger partial charge on any atom is -0.340 e. The van der Waals surface area contributed by atoms with Crippen LogP contribution in [0.2, 0.25) is 0 Å². The minimum absolute atomic E-state index is 0.322. The van der Waals surface area contributed by atoms with Crippen LogP contribution < -0.4 is 0 Å². The van der Waals surface area contributed by atoms with Gasteiger partial charge in [0.15, 0.2) is 0 Å². The molecule has 3 nitrogen and oxygen atoms in total. The molecule has 0 N–H and O–H groups in total. The van der Waals surface area contributed by atoms with E-state index in [9.17, 15) is 4.79 Å². The van der Waals surface area contributed by atoms with E-state index in [1.807, 2.05) is 11.3 Å². The van der Waals surface area contributed by atoms with Gasteiger partial charge in [0, 0.05) is 48.4 Å². The van der Waals surface area contributed by atoms with Gasteiger partial charge >= 0.3 is 0 Å². The van der Waals surface area contributed by atoms with Gasteiger partial charge < -0.3 is 4.90 Å². The summed E-state index contributed by atoms with van der Waals surface area (Å²) < 4.78 is 0. The lowest BCUT2D eigenvalue weighted by atomic mass is 10.2. The highest BCUT2D eigenvalue weighted by atomic mass is 32.1. The first kappa shape index (κ1) is 15.9. The molecule has 1 saturated heterocycles. The zero-order valence-electron chi connectivity index (χ0n) is 14.1. The Balaban J connectivity index is 1.31. The molecule has 1 aliphatic heterocycles. The second-order valence-electron chi connectivity index (χ2n) is 7.05. The van der Waals surface area contributed by atoms with Gasteiger partial charge in [-0.05, 0) is 30.0 Å². The third kappa shape index (κ3) is 3.40. The molecule has 1 aromatic heterocycles. The molecule has 24 heavy (non-hydrogen) atoms. The summed E-state index contributed by atoms with van der Waals surface area (Å²) in [4.78, 5) is 19.6. The topological polar surface area (TPSA) is 23.6 Å². The molecular formula is C20H24N2OS. The Hall–Kier alpha value is -1.65. The number of amides is 1. The van der Waals surface area contributed by atoms with E-state index in [4.69, 9.17) is 0 Å². The van der Waals surface area contributed by atoms with Crippen molar-refractivity contribution in [3.05, 3.63) is 47.3 Å². The molecule has 1 aromatic carbocycles. The van der Waals surface area contributed by atoms with Gasteiger partial charge in [-0.1, -0.05) is 37.3 Å². The van der Waals surface area contributed by atoms with E-state index in [1.165, 1.54) is 15.3 Å². The maximum absolute atomic E-state index is 12.3. The van der Waals surface area contributed by atoms with Crippen molar-refractivity contribution in [2.45, 2.75) is 19.9 Å². The minimum atomic E-state index is 0.322. The van der Waals surface area contributed by atoms with Crippen LogP contribution in [0.15, 0.2) is 42.5 Å². The molecule has 2 heterocycles. The number of carbonyl (C=O) groups excluding carboxylic acids is 1. The zero-order valence-corrected chi connectivity index (χ0v) is 15.0. The van der Waals surface area contributed by atoms with Crippen LogP contribution in [0.25, 0.3) is 10.4 Å². The molecule has 1 amide bonds. The van der Waals surface area contributed by atoms with Crippen molar-refractivity contribution in [2.24, 2.45) is 11.8 Å². The molecule has 2 aliphatic rings. The Morgan fingerprint density at radius 2 is 1.79 bits per heavy atom. The van der Waals surface area contributed by atoms with Crippen molar-refractivity contribution < 1.29 is 4.79 Å². The van der Waals surface area contributed by atoms with Gasteiger partial charge in [0.1, 0.15) is 0 Å². The fraction of sp³-hybridized carbons (Fsp3) is 0.450. The van der Waals surface area contributed by atoms with E-state index in [1.54, 1.807) is 0 Å². The first-order valence-electron chi connectivity index (χ1n) is 8.86. The number of thiophene rings is 1. The van der Waals surface area contributed by atoms with Crippen LogP contribution in [0, 0.1) is 11.8 Å². The summed E-state index contributed by atoms with van der Waals surface area (Å²) in [5.41, 5.74) is 1.29. The summed E-state index contributed by atoms with van der Waals surface area (Å²) >= 11 is 1.88.